The number of allylic oxidation sites excluding steroid dienone is 2. The molecular formula is C25H28N2O2S. The Labute approximate surface area is 182 Å². The van der Waals surface area contributed by atoms with E-state index < -0.39 is 0 Å². The smallest absolute Gasteiger partial charge is 0.240 e. The number of hydrogen-bond donors (Lipinski definition) is 0. The molecule has 2 amide bonds. The molecule has 1 aromatic carbocycles. The number of imide groups is 1. The van der Waals surface area contributed by atoms with Gasteiger partial charge in [-0.25, -0.2) is 9.88 Å². The third-order valence-electron chi connectivity index (χ3n) is 7.26. The zero-order valence-electron chi connectivity index (χ0n) is 18.2. The van der Waals surface area contributed by atoms with Crippen molar-refractivity contribution in [2.24, 2.45) is 23.7 Å². The molecule has 0 spiro atoms. The van der Waals surface area contributed by atoms with Crippen molar-refractivity contribution >= 4 is 28.3 Å². The highest BCUT2D eigenvalue weighted by atomic mass is 32.1. The first kappa shape index (κ1) is 19.7. The maximum atomic E-state index is 13.4. The monoisotopic (exact) mass is 420 g/mol. The van der Waals surface area contributed by atoms with Crippen LogP contribution in [0.3, 0.4) is 0 Å². The van der Waals surface area contributed by atoms with Crippen molar-refractivity contribution in [1.82, 2.24) is 4.98 Å². The van der Waals surface area contributed by atoms with Gasteiger partial charge in [0.2, 0.25) is 11.8 Å². The fraction of sp³-hybridized carbons (Fsp3) is 0.480. The molecule has 3 aliphatic rings. The van der Waals surface area contributed by atoms with Crippen LogP contribution >= 0.6 is 11.3 Å². The second kappa shape index (κ2) is 6.88. The van der Waals surface area contributed by atoms with Gasteiger partial charge in [0, 0.05) is 10.4 Å². The Balaban J connectivity index is 1.48. The lowest BCUT2D eigenvalue weighted by atomic mass is 9.81. The molecule has 4 atom stereocenters. The summed E-state index contributed by atoms with van der Waals surface area (Å²) in [5, 5.41) is 0.540. The van der Waals surface area contributed by atoms with E-state index in [2.05, 4.69) is 52.0 Å². The van der Waals surface area contributed by atoms with Crippen LogP contribution in [-0.4, -0.2) is 16.8 Å². The second-order valence-corrected chi connectivity index (χ2v) is 10.7. The Bertz CT molecular complexity index is 1040. The summed E-state index contributed by atoms with van der Waals surface area (Å²) in [6, 6.07) is 8.44. The number of carbonyl (C=O) groups excluding carboxylic acids is 2. The van der Waals surface area contributed by atoms with Crippen molar-refractivity contribution < 1.29 is 9.59 Å². The van der Waals surface area contributed by atoms with Gasteiger partial charge < -0.3 is 0 Å². The fourth-order valence-corrected chi connectivity index (χ4v) is 6.89. The van der Waals surface area contributed by atoms with Crippen LogP contribution in [0.15, 0.2) is 35.4 Å². The number of nitrogens with zero attached hydrogens (tertiary/aromatic N) is 2. The lowest BCUT2D eigenvalue weighted by Gasteiger charge is -2.18. The molecule has 4 nitrogen and oxygen atoms in total. The first-order valence-corrected chi connectivity index (χ1v) is 11.7. The van der Waals surface area contributed by atoms with Gasteiger partial charge in [-0.05, 0) is 56.9 Å². The zero-order chi connectivity index (χ0) is 21.3. The number of thiazole rings is 1. The Morgan fingerprint density at radius 3 is 2.10 bits per heavy atom. The van der Waals surface area contributed by atoms with Crippen molar-refractivity contribution in [3.05, 3.63) is 45.9 Å². The van der Waals surface area contributed by atoms with E-state index in [-0.39, 0.29) is 35.5 Å². The summed E-state index contributed by atoms with van der Waals surface area (Å²) in [6.45, 7) is 10.6. The highest BCUT2D eigenvalue weighted by Gasteiger charge is 2.64. The van der Waals surface area contributed by atoms with Crippen molar-refractivity contribution in [3.8, 4) is 11.3 Å². The summed E-state index contributed by atoms with van der Waals surface area (Å²) in [7, 11) is 0. The number of benzene rings is 1. The van der Waals surface area contributed by atoms with E-state index in [0.717, 1.165) is 29.0 Å². The predicted octanol–water partition coefficient (Wildman–Crippen LogP) is 5.72. The van der Waals surface area contributed by atoms with Gasteiger partial charge in [0.1, 0.15) is 0 Å². The van der Waals surface area contributed by atoms with E-state index in [0.29, 0.717) is 11.0 Å². The van der Waals surface area contributed by atoms with E-state index in [9.17, 15) is 9.59 Å². The number of anilines is 1. The van der Waals surface area contributed by atoms with Crippen LogP contribution in [0, 0.1) is 30.6 Å². The SMILES string of the molecule is CC(C)=C1[C@H]2CC[C@H]1[C@H]1C(=O)N(c3nc(-c4ccc(C(C)C)cc4)c(C)s3)C(=O)[C@H]12. The molecule has 2 bridgehead atoms. The molecule has 0 unspecified atom stereocenters. The fourth-order valence-electron chi connectivity index (χ4n) is 5.95. The molecule has 0 radical (unpaired) electrons. The molecule has 1 aliphatic heterocycles. The highest BCUT2D eigenvalue weighted by molar-refractivity contribution is 7.16. The van der Waals surface area contributed by atoms with Gasteiger partial charge in [0.05, 0.1) is 17.5 Å². The molecule has 1 aromatic heterocycles. The Kier molecular flexibility index (Phi) is 4.51. The molecule has 5 heteroatoms. The second-order valence-electron chi connectivity index (χ2n) is 9.49. The highest BCUT2D eigenvalue weighted by Crippen LogP contribution is 2.60. The van der Waals surface area contributed by atoms with Gasteiger partial charge in [-0.15, -0.1) is 11.3 Å². The van der Waals surface area contributed by atoms with Crippen LogP contribution in [-0.2, 0) is 9.59 Å². The largest absolute Gasteiger partial charge is 0.274 e. The van der Waals surface area contributed by atoms with Crippen molar-refractivity contribution in [3.63, 3.8) is 0 Å². The topological polar surface area (TPSA) is 50.3 Å². The first-order chi connectivity index (χ1) is 14.3. The Hall–Kier alpha value is -2.27. The number of amides is 2. The van der Waals surface area contributed by atoms with Gasteiger partial charge in [0.25, 0.3) is 0 Å². The van der Waals surface area contributed by atoms with Crippen LogP contribution in [0.2, 0.25) is 0 Å². The molecule has 2 saturated carbocycles. The summed E-state index contributed by atoms with van der Waals surface area (Å²) < 4.78 is 0. The molecular weight excluding hydrogens is 392 g/mol. The molecule has 1 saturated heterocycles. The van der Waals surface area contributed by atoms with Gasteiger partial charge in [-0.3, -0.25) is 9.59 Å². The summed E-state index contributed by atoms with van der Waals surface area (Å²) >= 11 is 1.45. The number of hydrogen-bond acceptors (Lipinski definition) is 4. The normalized spacial score (nSPS) is 27.5. The summed E-state index contributed by atoms with van der Waals surface area (Å²) in [5.74, 6) is 0.536. The van der Waals surface area contributed by atoms with Crippen LogP contribution in [0.5, 0.6) is 0 Å². The predicted molar refractivity (Wildman–Crippen MR) is 120 cm³/mol. The quantitative estimate of drug-likeness (QED) is 0.471. The number of aryl methyl sites for hydroxylation is 1. The third-order valence-corrected chi connectivity index (χ3v) is 8.21. The minimum atomic E-state index is -0.181. The van der Waals surface area contributed by atoms with Crippen LogP contribution < -0.4 is 4.90 Å². The third kappa shape index (κ3) is 2.67. The number of fused-ring (bicyclic) bond motifs is 5. The molecule has 2 aliphatic carbocycles. The zero-order valence-corrected chi connectivity index (χ0v) is 19.0. The average molecular weight is 421 g/mol. The molecule has 2 aromatic rings. The van der Waals surface area contributed by atoms with Gasteiger partial charge in [0.15, 0.2) is 5.13 Å². The maximum Gasteiger partial charge on any atom is 0.240 e. The van der Waals surface area contributed by atoms with Gasteiger partial charge in [-0.1, -0.05) is 49.3 Å². The van der Waals surface area contributed by atoms with Crippen LogP contribution in [0.25, 0.3) is 11.3 Å². The summed E-state index contributed by atoms with van der Waals surface area (Å²) in [4.78, 5) is 34.0. The number of aromatic nitrogens is 1. The summed E-state index contributed by atoms with van der Waals surface area (Å²) in [6.07, 6.45) is 2.06. The number of carbonyl (C=O) groups is 2. The molecule has 156 valence electrons. The molecule has 2 heterocycles. The maximum absolute atomic E-state index is 13.4. The van der Waals surface area contributed by atoms with E-state index in [1.165, 1.54) is 32.9 Å². The van der Waals surface area contributed by atoms with E-state index >= 15 is 0 Å². The summed E-state index contributed by atoms with van der Waals surface area (Å²) in [5.41, 5.74) is 5.87. The molecule has 30 heavy (non-hydrogen) atoms. The van der Waals surface area contributed by atoms with Crippen molar-refractivity contribution in [2.75, 3.05) is 4.90 Å². The van der Waals surface area contributed by atoms with Gasteiger partial charge in [-0.2, -0.15) is 0 Å². The van der Waals surface area contributed by atoms with E-state index in [4.69, 9.17) is 4.98 Å². The van der Waals surface area contributed by atoms with E-state index in [1.807, 2.05) is 6.92 Å². The average Bonchev–Trinajstić information content (AvgIpc) is 3.43. The lowest BCUT2D eigenvalue weighted by molar-refractivity contribution is -0.123. The minimum absolute atomic E-state index is 0.0357. The molecule has 0 N–H and O–H groups in total. The first-order valence-electron chi connectivity index (χ1n) is 10.9. The van der Waals surface area contributed by atoms with Crippen molar-refractivity contribution in [1.29, 1.82) is 0 Å². The van der Waals surface area contributed by atoms with Gasteiger partial charge >= 0.3 is 0 Å². The van der Waals surface area contributed by atoms with Crippen LogP contribution in [0.4, 0.5) is 5.13 Å². The Morgan fingerprint density at radius 2 is 1.60 bits per heavy atom. The lowest BCUT2D eigenvalue weighted by Crippen LogP contribution is -2.33. The standard InChI is InChI=1S/C25H28N2O2S/c1-12(2)15-6-8-16(9-7-15)22-14(5)30-25(26-22)27-23(28)20-17-10-11-18(19(17)13(3)4)21(20)24(27)29/h6-9,12,17-18,20-21H,10-11H2,1-5H3/t17-,18-,20-,21+/m1/s1. The number of rotatable bonds is 3. The van der Waals surface area contributed by atoms with Crippen molar-refractivity contribution in [2.45, 2.75) is 53.4 Å². The van der Waals surface area contributed by atoms with Crippen LogP contribution in [0.1, 0.15) is 56.9 Å². The molecule has 5 rings (SSSR count). The van der Waals surface area contributed by atoms with E-state index in [1.54, 1.807) is 0 Å². The Morgan fingerprint density at radius 1 is 1.03 bits per heavy atom. The minimum Gasteiger partial charge on any atom is -0.274 e. The molecule has 3 fully saturated rings.